The zero-order valence-corrected chi connectivity index (χ0v) is 25.0. The standard InChI is InChI=1S/C34H32FN7O4/c35-24-14-21-22(34(46)42(33(21)45)29-9-10-30(43)39-32(29)44)15-27(24)36-11-3-4-18-12-20(13-18)41-17-23(31(40-41)19-7-8-19)28-16-37-25-5-1-2-6-26(25)38-28/h1-2,5-6,14-20,29,36H,3-4,7-13H2,(H,39,43,44)/t18-,20-,29?. The average molecular weight is 622 g/mol. The van der Waals surface area contributed by atoms with Gasteiger partial charge in [0.05, 0.1) is 51.5 Å². The quantitative estimate of drug-likeness (QED) is 0.202. The number of hydrogen-bond donors (Lipinski definition) is 2. The van der Waals surface area contributed by atoms with E-state index in [1.54, 1.807) is 0 Å². The summed E-state index contributed by atoms with van der Waals surface area (Å²) in [5.74, 6) is -2.13. The summed E-state index contributed by atoms with van der Waals surface area (Å²) < 4.78 is 17.1. The van der Waals surface area contributed by atoms with E-state index in [1.165, 1.54) is 6.07 Å². The second-order valence-electron chi connectivity index (χ2n) is 12.8. The van der Waals surface area contributed by atoms with Crippen molar-refractivity contribution in [3.05, 3.63) is 71.4 Å². The minimum absolute atomic E-state index is 0.0255. The van der Waals surface area contributed by atoms with Gasteiger partial charge < -0.3 is 5.32 Å². The normalized spacial score (nSPS) is 22.6. The second kappa shape index (κ2) is 11.1. The van der Waals surface area contributed by atoms with Crippen molar-refractivity contribution in [2.45, 2.75) is 69.4 Å². The lowest BCUT2D eigenvalue weighted by Crippen LogP contribution is -2.54. The molecule has 1 unspecified atom stereocenters. The molecule has 0 spiro atoms. The molecule has 4 amide bonds. The number of para-hydroxylation sites is 2. The van der Waals surface area contributed by atoms with E-state index >= 15 is 0 Å². The van der Waals surface area contributed by atoms with E-state index in [1.807, 2.05) is 30.5 Å². The van der Waals surface area contributed by atoms with Crippen molar-refractivity contribution in [1.29, 1.82) is 0 Å². The summed E-state index contributed by atoms with van der Waals surface area (Å²) in [6.07, 6.45) is 10.2. The maximum atomic E-state index is 15.0. The molecule has 46 heavy (non-hydrogen) atoms. The Labute approximate surface area is 263 Å². The maximum absolute atomic E-state index is 15.0. The second-order valence-corrected chi connectivity index (χ2v) is 12.8. The smallest absolute Gasteiger partial charge is 0.262 e. The van der Waals surface area contributed by atoms with Gasteiger partial charge in [-0.3, -0.25) is 39.1 Å². The van der Waals surface area contributed by atoms with E-state index in [0.717, 1.165) is 77.5 Å². The summed E-state index contributed by atoms with van der Waals surface area (Å²) in [6, 6.07) is 9.53. The first-order valence-electron chi connectivity index (χ1n) is 15.9. The lowest BCUT2D eigenvalue weighted by molar-refractivity contribution is -0.136. The number of nitrogens with one attached hydrogen (secondary N) is 2. The van der Waals surface area contributed by atoms with Gasteiger partial charge in [0.15, 0.2) is 0 Å². The Kier molecular flexibility index (Phi) is 6.88. The number of fused-ring (bicyclic) bond motifs is 2. The van der Waals surface area contributed by atoms with Crippen LogP contribution in [0.4, 0.5) is 10.1 Å². The zero-order chi connectivity index (χ0) is 31.5. The molecule has 2 aliphatic heterocycles. The topological polar surface area (TPSA) is 139 Å². The number of hydrogen-bond acceptors (Lipinski definition) is 8. The van der Waals surface area contributed by atoms with Gasteiger partial charge in [0.1, 0.15) is 11.9 Å². The SMILES string of the molecule is O=C1CCC(N2C(=O)c3cc(F)c(NCCC[C@H]4C[C@H](n5cc(-c6cnc7ccccc7n6)c(C6CC6)n5)C4)cc3C2=O)C(=O)N1. The van der Waals surface area contributed by atoms with Crippen LogP contribution in [-0.4, -0.2) is 60.9 Å². The van der Waals surface area contributed by atoms with Crippen LogP contribution in [0.15, 0.2) is 48.8 Å². The van der Waals surface area contributed by atoms with Crippen LogP contribution in [0.5, 0.6) is 0 Å². The number of rotatable bonds is 9. The number of imide groups is 2. The van der Waals surface area contributed by atoms with Crippen LogP contribution in [0.3, 0.4) is 0 Å². The van der Waals surface area contributed by atoms with Crippen LogP contribution in [0.2, 0.25) is 0 Å². The Balaban J connectivity index is 0.866. The highest BCUT2D eigenvalue weighted by atomic mass is 19.1. The number of halogens is 1. The predicted octanol–water partition coefficient (Wildman–Crippen LogP) is 4.75. The number of carbonyl (C=O) groups is 4. The van der Waals surface area contributed by atoms with E-state index in [9.17, 15) is 23.6 Å². The molecule has 1 saturated heterocycles. The van der Waals surface area contributed by atoms with Crippen LogP contribution in [0, 0.1) is 11.7 Å². The molecule has 12 heteroatoms. The van der Waals surface area contributed by atoms with Crippen LogP contribution in [0.1, 0.15) is 89.7 Å². The fourth-order valence-electron chi connectivity index (χ4n) is 6.93. The predicted molar refractivity (Wildman–Crippen MR) is 165 cm³/mol. The number of piperidine rings is 1. The Morgan fingerprint density at radius 1 is 0.957 bits per heavy atom. The summed E-state index contributed by atoms with van der Waals surface area (Å²) in [5.41, 5.74) is 4.94. The summed E-state index contributed by atoms with van der Waals surface area (Å²) in [5, 5.41) is 10.3. The van der Waals surface area contributed by atoms with Crippen LogP contribution in [0.25, 0.3) is 22.3 Å². The van der Waals surface area contributed by atoms with Crippen LogP contribution in [-0.2, 0) is 9.59 Å². The molecule has 4 heterocycles. The van der Waals surface area contributed by atoms with Crippen molar-refractivity contribution in [1.82, 2.24) is 30.0 Å². The zero-order valence-electron chi connectivity index (χ0n) is 25.0. The lowest BCUT2D eigenvalue weighted by atomic mass is 9.77. The van der Waals surface area contributed by atoms with Gasteiger partial charge in [-0.1, -0.05) is 12.1 Å². The fraction of sp³-hybridized carbons (Fsp3) is 0.382. The van der Waals surface area contributed by atoms with Gasteiger partial charge >= 0.3 is 0 Å². The van der Waals surface area contributed by atoms with E-state index < -0.39 is 35.5 Å². The highest BCUT2D eigenvalue weighted by Crippen LogP contribution is 2.46. The van der Waals surface area contributed by atoms with Crippen molar-refractivity contribution < 1.29 is 23.6 Å². The molecule has 0 bridgehead atoms. The molecular weight excluding hydrogens is 589 g/mol. The van der Waals surface area contributed by atoms with Crippen molar-refractivity contribution >= 4 is 40.3 Å². The van der Waals surface area contributed by atoms with Crippen molar-refractivity contribution in [3.8, 4) is 11.3 Å². The van der Waals surface area contributed by atoms with Crippen molar-refractivity contribution in [2.24, 2.45) is 5.92 Å². The van der Waals surface area contributed by atoms with Gasteiger partial charge in [0, 0.05) is 30.6 Å². The summed E-state index contributed by atoms with van der Waals surface area (Å²) in [7, 11) is 0. The molecule has 8 rings (SSSR count). The molecule has 2 saturated carbocycles. The summed E-state index contributed by atoms with van der Waals surface area (Å²) in [4.78, 5) is 60.1. The summed E-state index contributed by atoms with van der Waals surface area (Å²) >= 11 is 0. The number of anilines is 1. The number of amides is 4. The Morgan fingerprint density at radius 2 is 1.72 bits per heavy atom. The monoisotopic (exact) mass is 621 g/mol. The third-order valence-corrected chi connectivity index (χ3v) is 9.67. The van der Waals surface area contributed by atoms with Gasteiger partial charge in [0.2, 0.25) is 11.8 Å². The molecule has 2 aliphatic carbocycles. The van der Waals surface area contributed by atoms with E-state index in [0.29, 0.717) is 24.4 Å². The van der Waals surface area contributed by atoms with E-state index in [-0.39, 0.29) is 29.7 Å². The Morgan fingerprint density at radius 3 is 2.48 bits per heavy atom. The van der Waals surface area contributed by atoms with Gasteiger partial charge in [-0.2, -0.15) is 5.10 Å². The number of aromatic nitrogens is 4. The minimum Gasteiger partial charge on any atom is -0.383 e. The van der Waals surface area contributed by atoms with Crippen molar-refractivity contribution in [3.63, 3.8) is 0 Å². The van der Waals surface area contributed by atoms with Gasteiger partial charge in [-0.25, -0.2) is 9.37 Å². The largest absolute Gasteiger partial charge is 0.383 e. The molecular formula is C34H32FN7O4. The molecule has 234 valence electrons. The first-order valence-corrected chi connectivity index (χ1v) is 15.9. The molecule has 4 aromatic rings. The minimum atomic E-state index is -1.09. The molecule has 3 fully saturated rings. The molecule has 1 atom stereocenters. The molecule has 2 N–H and O–H groups in total. The maximum Gasteiger partial charge on any atom is 0.262 e. The third-order valence-electron chi connectivity index (χ3n) is 9.67. The molecule has 0 radical (unpaired) electrons. The first kappa shape index (κ1) is 28.5. The molecule has 4 aliphatic rings. The Hall–Kier alpha value is -5.00. The van der Waals surface area contributed by atoms with Crippen LogP contribution >= 0.6 is 0 Å². The molecule has 11 nitrogen and oxygen atoms in total. The fourth-order valence-corrected chi connectivity index (χ4v) is 6.93. The molecule has 2 aromatic heterocycles. The lowest BCUT2D eigenvalue weighted by Gasteiger charge is -2.35. The molecule has 2 aromatic carbocycles. The average Bonchev–Trinajstić information content (AvgIpc) is 3.74. The van der Waals surface area contributed by atoms with Gasteiger partial charge in [-0.15, -0.1) is 0 Å². The number of benzene rings is 2. The number of nitrogens with zero attached hydrogens (tertiary/aromatic N) is 5. The van der Waals surface area contributed by atoms with Crippen molar-refractivity contribution in [2.75, 3.05) is 11.9 Å². The first-order chi connectivity index (χ1) is 22.3. The third kappa shape index (κ3) is 5.01. The van der Waals surface area contributed by atoms with Crippen LogP contribution < -0.4 is 10.6 Å². The van der Waals surface area contributed by atoms with Gasteiger partial charge in [0.25, 0.3) is 11.8 Å². The number of carbonyl (C=O) groups excluding carboxylic acids is 4. The highest BCUT2D eigenvalue weighted by Gasteiger charge is 2.45. The van der Waals surface area contributed by atoms with E-state index in [4.69, 9.17) is 10.1 Å². The summed E-state index contributed by atoms with van der Waals surface area (Å²) in [6.45, 7) is 0.508. The Bertz CT molecular complexity index is 1930. The van der Waals surface area contributed by atoms with E-state index in [2.05, 4.69) is 26.5 Å². The van der Waals surface area contributed by atoms with Gasteiger partial charge in [-0.05, 0) is 75.1 Å². The highest BCUT2D eigenvalue weighted by molar-refractivity contribution is 6.23.